The summed E-state index contributed by atoms with van der Waals surface area (Å²) in [6.45, 7) is 5.87. The highest BCUT2D eigenvalue weighted by molar-refractivity contribution is 7.92. The first-order chi connectivity index (χ1) is 19.6. The Kier molecular flexibility index (Phi) is 11.2. The van der Waals surface area contributed by atoms with Gasteiger partial charge >= 0.3 is 0 Å². The van der Waals surface area contributed by atoms with Crippen LogP contribution in [0.2, 0.25) is 0 Å². The molecule has 1 atom stereocenters. The molecule has 0 saturated heterocycles. The molecule has 0 spiro atoms. The van der Waals surface area contributed by atoms with E-state index in [1.54, 1.807) is 30.3 Å². The Morgan fingerprint density at radius 1 is 0.878 bits per heavy atom. The van der Waals surface area contributed by atoms with E-state index in [1.165, 1.54) is 37.3 Å². The van der Waals surface area contributed by atoms with E-state index in [0.717, 1.165) is 9.87 Å². The van der Waals surface area contributed by atoms with Crippen LogP contribution in [0.15, 0.2) is 83.8 Å². The first kappa shape index (κ1) is 31.5. The summed E-state index contributed by atoms with van der Waals surface area (Å²) in [7, 11) is -1.25. The third-order valence-corrected chi connectivity index (χ3v) is 8.32. The van der Waals surface area contributed by atoms with E-state index in [4.69, 9.17) is 9.47 Å². The molecule has 220 valence electrons. The minimum atomic E-state index is -4.19. The summed E-state index contributed by atoms with van der Waals surface area (Å²) in [5, 5.41) is 2.93. The van der Waals surface area contributed by atoms with Gasteiger partial charge < -0.3 is 19.7 Å². The van der Waals surface area contributed by atoms with Crippen molar-refractivity contribution in [3.63, 3.8) is 0 Å². The maximum absolute atomic E-state index is 14.1. The summed E-state index contributed by atoms with van der Waals surface area (Å²) in [6, 6.07) is 21.1. The Balaban J connectivity index is 2.07. The molecule has 0 aromatic heterocycles. The molecule has 0 unspecified atom stereocenters. The van der Waals surface area contributed by atoms with E-state index in [1.807, 2.05) is 51.1 Å². The lowest BCUT2D eigenvalue weighted by Crippen LogP contribution is -2.52. The van der Waals surface area contributed by atoms with Gasteiger partial charge in [0.25, 0.3) is 10.0 Å². The summed E-state index contributed by atoms with van der Waals surface area (Å²) >= 11 is 0. The molecule has 9 nitrogen and oxygen atoms in total. The van der Waals surface area contributed by atoms with E-state index in [9.17, 15) is 18.0 Å². The van der Waals surface area contributed by atoms with E-state index < -0.39 is 28.5 Å². The molecule has 0 bridgehead atoms. The number of sulfonamides is 1. The highest BCUT2D eigenvalue weighted by Gasteiger charge is 2.34. The molecule has 41 heavy (non-hydrogen) atoms. The Morgan fingerprint density at radius 3 is 2.05 bits per heavy atom. The predicted octanol–water partition coefficient (Wildman–Crippen LogP) is 4.48. The van der Waals surface area contributed by atoms with Crippen molar-refractivity contribution in [1.29, 1.82) is 0 Å². The molecule has 0 fully saturated rings. The van der Waals surface area contributed by atoms with Gasteiger partial charge in [0, 0.05) is 19.2 Å². The van der Waals surface area contributed by atoms with Crippen molar-refractivity contribution >= 4 is 27.5 Å². The third-order valence-electron chi connectivity index (χ3n) is 6.53. The monoisotopic (exact) mass is 581 g/mol. The first-order valence-electron chi connectivity index (χ1n) is 13.5. The van der Waals surface area contributed by atoms with Gasteiger partial charge in [-0.2, -0.15) is 0 Å². The zero-order chi connectivity index (χ0) is 30.0. The van der Waals surface area contributed by atoms with E-state index in [2.05, 4.69) is 5.32 Å². The number of carbonyl (C=O) groups excluding carboxylic acids is 2. The maximum Gasteiger partial charge on any atom is 0.264 e. The zero-order valence-electron chi connectivity index (χ0n) is 24.2. The molecule has 0 aliphatic rings. The highest BCUT2D eigenvalue weighted by Crippen LogP contribution is 2.34. The van der Waals surface area contributed by atoms with Crippen LogP contribution in [0.1, 0.15) is 32.8 Å². The number of hydrogen-bond donors (Lipinski definition) is 1. The van der Waals surface area contributed by atoms with Gasteiger partial charge in [-0.25, -0.2) is 8.42 Å². The van der Waals surface area contributed by atoms with Crippen LogP contribution in [0, 0.1) is 5.92 Å². The van der Waals surface area contributed by atoms with Crippen molar-refractivity contribution in [3.05, 3.63) is 84.4 Å². The predicted molar refractivity (Wildman–Crippen MR) is 159 cm³/mol. The zero-order valence-corrected chi connectivity index (χ0v) is 25.1. The molecule has 3 rings (SSSR count). The Bertz CT molecular complexity index is 1400. The normalized spacial score (nSPS) is 12.0. The average molecular weight is 582 g/mol. The first-order valence-corrected chi connectivity index (χ1v) is 15.0. The molecule has 3 aromatic carbocycles. The quantitative estimate of drug-likeness (QED) is 0.301. The second-order valence-electron chi connectivity index (χ2n) is 9.93. The number of ether oxygens (including phenoxy) is 2. The lowest BCUT2D eigenvalue weighted by atomic mass is 10.1. The SMILES string of the molecule is CC[C@H](C(=O)NCC(C)C)N(Cc1ccccc1)C(=O)CN(c1ccc(OC)c(OC)c1)S(=O)(=O)c1ccccc1. The summed E-state index contributed by atoms with van der Waals surface area (Å²) in [4.78, 5) is 28.9. The Hall–Kier alpha value is -4.05. The molecule has 0 aliphatic carbocycles. The summed E-state index contributed by atoms with van der Waals surface area (Å²) in [5.41, 5.74) is 1.04. The number of anilines is 1. The van der Waals surface area contributed by atoms with E-state index in [0.29, 0.717) is 24.5 Å². The summed E-state index contributed by atoms with van der Waals surface area (Å²) in [5.74, 6) is 0.152. The standard InChI is InChI=1S/C31H39N3O6S/c1-6-27(31(36)32-20-23(2)3)33(21-24-13-9-7-10-14-24)30(35)22-34(41(37,38)26-15-11-8-12-16-26)25-17-18-28(39-4)29(19-25)40-5/h7-19,23,27H,6,20-22H2,1-5H3,(H,32,36)/t27-/m1/s1. The van der Waals surface area contributed by atoms with Crippen LogP contribution < -0.4 is 19.1 Å². The number of benzene rings is 3. The van der Waals surface area contributed by atoms with Crippen molar-refractivity contribution in [2.45, 2.75) is 44.7 Å². The van der Waals surface area contributed by atoms with Gasteiger partial charge in [0.15, 0.2) is 11.5 Å². The van der Waals surface area contributed by atoms with Gasteiger partial charge in [0.1, 0.15) is 12.6 Å². The van der Waals surface area contributed by atoms with Crippen molar-refractivity contribution < 1.29 is 27.5 Å². The summed E-state index contributed by atoms with van der Waals surface area (Å²) in [6.07, 6.45) is 0.351. The number of nitrogens with zero attached hydrogens (tertiary/aromatic N) is 2. The number of amides is 2. The molecule has 0 aliphatic heterocycles. The van der Waals surface area contributed by atoms with Crippen LogP contribution in [0.4, 0.5) is 5.69 Å². The van der Waals surface area contributed by atoms with Crippen LogP contribution in [0.25, 0.3) is 0 Å². The summed E-state index contributed by atoms with van der Waals surface area (Å²) < 4.78 is 39.7. The number of hydrogen-bond acceptors (Lipinski definition) is 6. The Morgan fingerprint density at radius 2 is 1.49 bits per heavy atom. The fourth-order valence-corrected chi connectivity index (χ4v) is 5.78. The molecular weight excluding hydrogens is 542 g/mol. The van der Waals surface area contributed by atoms with Crippen molar-refractivity contribution in [1.82, 2.24) is 10.2 Å². The van der Waals surface area contributed by atoms with Crippen molar-refractivity contribution in [2.24, 2.45) is 5.92 Å². The molecule has 0 radical (unpaired) electrons. The van der Waals surface area contributed by atoms with Crippen LogP contribution >= 0.6 is 0 Å². The fraction of sp³-hybridized carbons (Fsp3) is 0.355. The molecule has 0 saturated carbocycles. The fourth-order valence-electron chi connectivity index (χ4n) is 4.35. The van der Waals surface area contributed by atoms with Crippen molar-refractivity contribution in [2.75, 3.05) is 31.6 Å². The lowest BCUT2D eigenvalue weighted by molar-refractivity contribution is -0.140. The maximum atomic E-state index is 14.1. The molecule has 10 heteroatoms. The second-order valence-corrected chi connectivity index (χ2v) is 11.8. The molecular formula is C31H39N3O6S. The van der Waals surface area contributed by atoms with E-state index >= 15 is 0 Å². The molecule has 0 heterocycles. The minimum absolute atomic E-state index is 0.0268. The van der Waals surface area contributed by atoms with Crippen LogP contribution in [-0.4, -0.2) is 58.5 Å². The largest absolute Gasteiger partial charge is 0.493 e. The van der Waals surface area contributed by atoms with Crippen molar-refractivity contribution in [3.8, 4) is 11.5 Å². The van der Waals surface area contributed by atoms with Gasteiger partial charge in [-0.15, -0.1) is 0 Å². The highest BCUT2D eigenvalue weighted by atomic mass is 32.2. The smallest absolute Gasteiger partial charge is 0.264 e. The van der Waals surface area contributed by atoms with Crippen LogP contribution in [0.3, 0.4) is 0 Å². The van der Waals surface area contributed by atoms with Gasteiger partial charge in [-0.3, -0.25) is 13.9 Å². The minimum Gasteiger partial charge on any atom is -0.493 e. The Labute approximate surface area is 243 Å². The number of carbonyl (C=O) groups is 2. The van der Waals surface area contributed by atoms with E-state index in [-0.39, 0.29) is 29.0 Å². The number of methoxy groups -OCH3 is 2. The molecule has 1 N–H and O–H groups in total. The number of nitrogens with one attached hydrogen (secondary N) is 1. The van der Waals surface area contributed by atoms with Gasteiger partial charge in [-0.05, 0) is 42.2 Å². The molecule has 3 aromatic rings. The van der Waals surface area contributed by atoms with Gasteiger partial charge in [0.2, 0.25) is 11.8 Å². The van der Waals surface area contributed by atoms with Gasteiger partial charge in [-0.1, -0.05) is 69.3 Å². The average Bonchev–Trinajstić information content (AvgIpc) is 2.99. The lowest BCUT2D eigenvalue weighted by Gasteiger charge is -2.33. The molecule has 2 amide bonds. The van der Waals surface area contributed by atoms with Gasteiger partial charge in [0.05, 0.1) is 24.8 Å². The second kappa shape index (κ2) is 14.5. The van der Waals surface area contributed by atoms with Crippen LogP contribution in [0.5, 0.6) is 11.5 Å². The topological polar surface area (TPSA) is 105 Å². The van der Waals surface area contributed by atoms with Crippen LogP contribution in [-0.2, 0) is 26.2 Å². The number of rotatable bonds is 14. The third kappa shape index (κ3) is 8.00.